The molecular weight excluding hydrogens is 320 g/mol. The summed E-state index contributed by atoms with van der Waals surface area (Å²) in [5, 5.41) is 11.6. The first-order valence-corrected chi connectivity index (χ1v) is 9.62. The molecule has 4 aliphatic carbocycles. The lowest BCUT2D eigenvalue weighted by Gasteiger charge is -2.56. The van der Waals surface area contributed by atoms with E-state index in [0.717, 1.165) is 38.5 Å². The van der Waals surface area contributed by atoms with E-state index in [9.17, 15) is 14.7 Å². The molecule has 0 amide bonds. The third kappa shape index (κ3) is 1.81. The first-order valence-electron chi connectivity index (χ1n) is 9.62. The molecule has 4 fully saturated rings. The summed E-state index contributed by atoms with van der Waals surface area (Å²) in [6.07, 6.45) is 8.35. The van der Waals surface area contributed by atoms with Gasteiger partial charge in [-0.15, -0.1) is 0 Å². The summed E-state index contributed by atoms with van der Waals surface area (Å²) in [6, 6.07) is 0. The van der Waals surface area contributed by atoms with Crippen LogP contribution >= 0.6 is 0 Å². The van der Waals surface area contributed by atoms with Crippen molar-refractivity contribution >= 4 is 11.8 Å². The Balaban J connectivity index is 1.47. The van der Waals surface area contributed by atoms with Crippen molar-refractivity contribution in [3.63, 3.8) is 0 Å². The Morgan fingerprint density at radius 1 is 1.24 bits per heavy atom. The molecule has 8 atom stereocenters. The summed E-state index contributed by atoms with van der Waals surface area (Å²) in [6.45, 7) is 3.75. The highest BCUT2D eigenvalue weighted by Crippen LogP contribution is 2.67. The summed E-state index contributed by atoms with van der Waals surface area (Å²) in [5.74, 6) is 0.792. The van der Waals surface area contributed by atoms with Crippen molar-refractivity contribution in [3.05, 3.63) is 12.2 Å². The van der Waals surface area contributed by atoms with Gasteiger partial charge in [-0.2, -0.15) is 0 Å². The average molecular weight is 346 g/mol. The standard InChI is InChI=1S/C20H26O5/c1-11(21)24-16-4-3-13-12-5-10-20-17(25-20)15(22)7-9-19(20,23)14(12)6-8-18(13,16)2/h7,9,12-14,16-17,23H,3-6,8,10H2,1-2H3/t12-,13-,14-,16+,17+,18+,19+,20+/m1/s1. The van der Waals surface area contributed by atoms with Crippen molar-refractivity contribution in [2.24, 2.45) is 23.2 Å². The molecule has 1 aliphatic heterocycles. The lowest BCUT2D eigenvalue weighted by molar-refractivity contribution is -0.167. The van der Waals surface area contributed by atoms with Gasteiger partial charge in [0.2, 0.25) is 0 Å². The molecule has 5 rings (SSSR count). The average Bonchev–Trinajstić information content (AvgIpc) is 3.22. The van der Waals surface area contributed by atoms with Gasteiger partial charge in [0.05, 0.1) is 0 Å². The molecule has 5 aliphatic rings. The highest BCUT2D eigenvalue weighted by Gasteiger charge is 2.77. The summed E-state index contributed by atoms with van der Waals surface area (Å²) in [4.78, 5) is 23.5. The van der Waals surface area contributed by atoms with Crippen molar-refractivity contribution in [1.82, 2.24) is 0 Å². The number of hydrogen-bond donors (Lipinski definition) is 1. The van der Waals surface area contributed by atoms with Crippen LogP contribution < -0.4 is 0 Å². The van der Waals surface area contributed by atoms with Crippen molar-refractivity contribution < 1.29 is 24.2 Å². The molecule has 5 nitrogen and oxygen atoms in total. The number of rotatable bonds is 1. The van der Waals surface area contributed by atoms with Gasteiger partial charge >= 0.3 is 5.97 Å². The Bertz CT molecular complexity index is 686. The molecule has 1 heterocycles. The second kappa shape index (κ2) is 4.74. The fourth-order valence-corrected chi connectivity index (χ4v) is 7.00. The molecule has 0 aromatic carbocycles. The lowest BCUT2D eigenvalue weighted by atomic mass is 9.49. The monoisotopic (exact) mass is 346 g/mol. The van der Waals surface area contributed by atoms with Gasteiger partial charge in [0.1, 0.15) is 17.3 Å². The van der Waals surface area contributed by atoms with Crippen LogP contribution in [0.3, 0.4) is 0 Å². The predicted octanol–water partition coefficient (Wildman–Crippen LogP) is 2.16. The number of carbonyl (C=O) groups excluding carboxylic acids is 2. The summed E-state index contributed by atoms with van der Waals surface area (Å²) in [5.41, 5.74) is -1.68. The van der Waals surface area contributed by atoms with Crippen LogP contribution in [-0.2, 0) is 19.1 Å². The molecule has 0 aromatic heterocycles. The molecule has 1 saturated heterocycles. The largest absolute Gasteiger partial charge is 0.462 e. The maximum absolute atomic E-state index is 12.0. The molecule has 1 N–H and O–H groups in total. The van der Waals surface area contributed by atoms with E-state index in [0.29, 0.717) is 11.8 Å². The number of epoxide rings is 1. The third-order valence-corrected chi connectivity index (χ3v) is 8.21. The number of aliphatic hydroxyl groups is 1. The fourth-order valence-electron chi connectivity index (χ4n) is 7.00. The highest BCUT2D eigenvalue weighted by atomic mass is 16.6. The van der Waals surface area contributed by atoms with E-state index in [1.54, 1.807) is 6.08 Å². The fraction of sp³-hybridized carbons (Fsp3) is 0.800. The molecule has 5 heteroatoms. The first kappa shape index (κ1) is 16.0. The number of carbonyl (C=O) groups is 2. The maximum Gasteiger partial charge on any atom is 0.302 e. The Morgan fingerprint density at radius 2 is 2.04 bits per heavy atom. The molecule has 25 heavy (non-hydrogen) atoms. The zero-order valence-electron chi connectivity index (χ0n) is 14.9. The second-order valence-corrected chi connectivity index (χ2v) is 9.08. The van der Waals surface area contributed by atoms with Crippen LogP contribution in [0.25, 0.3) is 0 Å². The Kier molecular flexibility index (Phi) is 3.04. The number of esters is 1. The molecule has 1 spiro atoms. The summed E-state index contributed by atoms with van der Waals surface area (Å²) in [7, 11) is 0. The summed E-state index contributed by atoms with van der Waals surface area (Å²) >= 11 is 0. The van der Waals surface area contributed by atoms with E-state index in [1.165, 1.54) is 13.0 Å². The van der Waals surface area contributed by atoms with Crippen molar-refractivity contribution in [2.45, 2.75) is 75.8 Å². The maximum atomic E-state index is 12.0. The molecule has 0 unspecified atom stereocenters. The molecular formula is C20H26O5. The molecule has 0 radical (unpaired) electrons. The zero-order valence-corrected chi connectivity index (χ0v) is 14.9. The Labute approximate surface area is 147 Å². The number of ketones is 1. The second-order valence-electron chi connectivity index (χ2n) is 9.08. The normalized spacial score (nSPS) is 55.6. The zero-order chi connectivity index (χ0) is 17.6. The smallest absolute Gasteiger partial charge is 0.302 e. The van der Waals surface area contributed by atoms with Crippen LogP contribution in [0, 0.1) is 23.2 Å². The van der Waals surface area contributed by atoms with Crippen LogP contribution in [0.4, 0.5) is 0 Å². The van der Waals surface area contributed by atoms with Gasteiger partial charge in [-0.3, -0.25) is 9.59 Å². The van der Waals surface area contributed by atoms with Crippen LogP contribution in [0.1, 0.15) is 52.4 Å². The van der Waals surface area contributed by atoms with E-state index in [4.69, 9.17) is 9.47 Å². The van der Waals surface area contributed by atoms with Crippen LogP contribution in [0.5, 0.6) is 0 Å². The molecule has 3 saturated carbocycles. The predicted molar refractivity (Wildman–Crippen MR) is 88.5 cm³/mol. The highest BCUT2D eigenvalue weighted by molar-refractivity contribution is 5.98. The quantitative estimate of drug-likeness (QED) is 0.582. The van der Waals surface area contributed by atoms with Gasteiger partial charge in [-0.25, -0.2) is 0 Å². The van der Waals surface area contributed by atoms with Gasteiger partial charge in [-0.1, -0.05) is 6.92 Å². The minimum Gasteiger partial charge on any atom is -0.462 e. The van der Waals surface area contributed by atoms with E-state index >= 15 is 0 Å². The van der Waals surface area contributed by atoms with Crippen molar-refractivity contribution in [3.8, 4) is 0 Å². The van der Waals surface area contributed by atoms with E-state index in [2.05, 4.69) is 6.92 Å². The summed E-state index contributed by atoms with van der Waals surface area (Å²) < 4.78 is 11.5. The van der Waals surface area contributed by atoms with E-state index in [-0.39, 0.29) is 29.2 Å². The van der Waals surface area contributed by atoms with Gasteiger partial charge in [-0.05, 0) is 68.4 Å². The Hall–Kier alpha value is -1.20. The molecule has 0 aromatic rings. The lowest BCUT2D eigenvalue weighted by Crippen LogP contribution is -2.62. The van der Waals surface area contributed by atoms with Crippen molar-refractivity contribution in [2.75, 3.05) is 0 Å². The van der Waals surface area contributed by atoms with E-state index < -0.39 is 17.3 Å². The van der Waals surface area contributed by atoms with Crippen LogP contribution in [0.15, 0.2) is 12.2 Å². The number of ether oxygens (including phenoxy) is 2. The van der Waals surface area contributed by atoms with Gasteiger partial charge < -0.3 is 14.6 Å². The number of hydrogen-bond acceptors (Lipinski definition) is 5. The first-order chi connectivity index (χ1) is 11.8. The van der Waals surface area contributed by atoms with Gasteiger partial charge in [0.15, 0.2) is 11.9 Å². The molecule has 0 bridgehead atoms. The topological polar surface area (TPSA) is 76.1 Å². The van der Waals surface area contributed by atoms with Crippen molar-refractivity contribution in [1.29, 1.82) is 0 Å². The van der Waals surface area contributed by atoms with Crippen LogP contribution in [0.2, 0.25) is 0 Å². The number of fused-ring (bicyclic) bond motifs is 4. The third-order valence-electron chi connectivity index (χ3n) is 8.21. The van der Waals surface area contributed by atoms with Crippen LogP contribution in [-0.4, -0.2) is 40.3 Å². The minimum atomic E-state index is -1.02. The van der Waals surface area contributed by atoms with Gasteiger partial charge in [0.25, 0.3) is 0 Å². The Morgan fingerprint density at radius 3 is 2.80 bits per heavy atom. The molecule has 136 valence electrons. The van der Waals surface area contributed by atoms with E-state index in [1.807, 2.05) is 0 Å². The SMILES string of the molecule is CC(=O)O[C@H]1CC[C@@H]2[C@H]3CC[C@]45O[C@H]4C(=O)C=C[C@]5(O)[C@@H]3CC[C@]12C. The minimum absolute atomic E-state index is 0.000406. The van der Waals surface area contributed by atoms with Gasteiger partial charge in [0, 0.05) is 12.3 Å².